The Balaban J connectivity index is 2.17. The van der Waals surface area contributed by atoms with Crippen LogP contribution < -0.4 is 13.3 Å². The standard InChI is InChI=1S/C25H38S2Si.C2H5.3CH3.2Sn/c1-6-10-12-20(8-3)17-28(18-21(9-4)13-11-7-2)22-14-15-26-24(22)25-23(28)16-19(5)27-25;1-2;;;;;/h14,16,20-21H,5-13,17-18H2,1-4H3;1H2,2H3;3*1H3;;. The third-order valence-electron chi connectivity index (χ3n) is 8.40. The van der Waals surface area contributed by atoms with Gasteiger partial charge in [-0.1, -0.05) is 0 Å². The van der Waals surface area contributed by atoms with Crippen molar-refractivity contribution in [3.63, 3.8) is 0 Å². The summed E-state index contributed by atoms with van der Waals surface area (Å²) in [5, 5.41) is 3.85. The Morgan fingerprint density at radius 3 is 1.83 bits per heavy atom. The molecule has 0 fully saturated rings. The molecule has 3 rings (SSSR count). The van der Waals surface area contributed by atoms with Gasteiger partial charge in [0.2, 0.25) is 0 Å². The van der Waals surface area contributed by atoms with Gasteiger partial charge in [-0.15, -0.1) is 0 Å². The van der Waals surface area contributed by atoms with Crippen molar-refractivity contribution in [2.75, 3.05) is 0 Å². The van der Waals surface area contributed by atoms with Crippen molar-refractivity contribution < 1.29 is 0 Å². The fourth-order valence-corrected chi connectivity index (χ4v) is 25.1. The van der Waals surface area contributed by atoms with Crippen LogP contribution >= 0.6 is 22.7 Å². The molecule has 2 radical (unpaired) electrons. The van der Waals surface area contributed by atoms with Crippen molar-refractivity contribution in [3.8, 4) is 9.75 Å². The summed E-state index contributed by atoms with van der Waals surface area (Å²) in [6.45, 7) is 12.2. The van der Waals surface area contributed by atoms with E-state index in [0.717, 1.165) is 11.8 Å². The van der Waals surface area contributed by atoms with E-state index in [-0.39, 0.29) is 21.1 Å². The van der Waals surface area contributed by atoms with E-state index in [1.165, 1.54) is 72.3 Å². The average molecular weight is 742 g/mol. The molecule has 5 heteroatoms. The number of fused-ring (bicyclic) bond motifs is 3. The number of rotatable bonds is 16. The number of unbranched alkanes of at least 4 members (excludes halogenated alkanes) is 2. The summed E-state index contributed by atoms with van der Waals surface area (Å²) in [7, 11) is -1.74. The van der Waals surface area contributed by atoms with Gasteiger partial charge in [-0.25, -0.2) is 0 Å². The molecule has 0 nitrogen and oxygen atoms in total. The number of thiophene rings is 2. The van der Waals surface area contributed by atoms with Gasteiger partial charge in [0, 0.05) is 0 Å². The monoisotopic (exact) mass is 744 g/mol. The zero-order valence-corrected chi connectivity index (χ0v) is 32.5. The van der Waals surface area contributed by atoms with E-state index in [1.54, 1.807) is 14.6 Å². The van der Waals surface area contributed by atoms with Gasteiger partial charge in [0.1, 0.15) is 0 Å². The molecule has 196 valence electrons. The van der Waals surface area contributed by atoms with Gasteiger partial charge in [-0.05, 0) is 0 Å². The molecule has 0 aromatic carbocycles. The quantitative estimate of drug-likeness (QED) is 0.151. The first-order valence-electron chi connectivity index (χ1n) is 14.7. The van der Waals surface area contributed by atoms with Gasteiger partial charge in [0.15, 0.2) is 0 Å². The summed E-state index contributed by atoms with van der Waals surface area (Å²) >= 11 is 2.19. The van der Waals surface area contributed by atoms with Gasteiger partial charge >= 0.3 is 244 Å². The van der Waals surface area contributed by atoms with Crippen LogP contribution in [-0.2, 0) is 4.44 Å². The zero-order chi connectivity index (χ0) is 25.6. The zero-order valence-electron chi connectivity index (χ0n) is 24.1. The molecule has 0 bridgehead atoms. The second kappa shape index (κ2) is 14.0. The van der Waals surface area contributed by atoms with Crippen molar-refractivity contribution in [2.24, 2.45) is 11.8 Å². The first-order valence-corrected chi connectivity index (χ1v) is 32.8. The molecule has 35 heavy (non-hydrogen) atoms. The molecule has 2 atom stereocenters. The Labute approximate surface area is 241 Å². The van der Waals surface area contributed by atoms with Crippen LogP contribution in [0.3, 0.4) is 0 Å². The van der Waals surface area contributed by atoms with E-state index < -0.39 is 26.5 Å². The summed E-state index contributed by atoms with van der Waals surface area (Å²) < 4.78 is 4.79. The van der Waals surface area contributed by atoms with Gasteiger partial charge in [-0.2, -0.15) is 0 Å². The topological polar surface area (TPSA) is 0 Å². The average Bonchev–Trinajstić information content (AvgIpc) is 3.51. The molecule has 1 aliphatic rings. The normalized spacial score (nSPS) is 19.1. The predicted octanol–water partition coefficient (Wildman–Crippen LogP) is 8.97. The van der Waals surface area contributed by atoms with Gasteiger partial charge in [-0.3, -0.25) is 0 Å². The molecule has 0 amide bonds. The van der Waals surface area contributed by atoms with Gasteiger partial charge in [0.25, 0.3) is 0 Å². The molecule has 1 aliphatic heterocycles. The van der Waals surface area contributed by atoms with Crippen LogP contribution in [0.1, 0.15) is 90.9 Å². The van der Waals surface area contributed by atoms with E-state index >= 15 is 0 Å². The van der Waals surface area contributed by atoms with Crippen molar-refractivity contribution in [1.29, 1.82) is 0 Å². The van der Waals surface area contributed by atoms with Gasteiger partial charge in [0.05, 0.1) is 0 Å². The Bertz CT molecular complexity index is 905. The van der Waals surface area contributed by atoms with Crippen LogP contribution in [0.2, 0.25) is 31.3 Å². The SMILES string of the molecule is CCCCC(CC)C[Si]1(CC(CC)CCCC)c2cc([CH2][Sn][CH2]C)sc2-c2s[c]([Sn]([CH3])([CH3])[CH3])cc21. The first-order chi connectivity index (χ1) is 16.7. The summed E-state index contributed by atoms with van der Waals surface area (Å²) in [5.74, 6) is 1.84. The van der Waals surface area contributed by atoms with E-state index in [9.17, 15) is 0 Å². The Hall–Kier alpha value is 1.21. The number of hydrogen-bond acceptors (Lipinski definition) is 2. The van der Waals surface area contributed by atoms with Crippen LogP contribution in [0.4, 0.5) is 0 Å². The van der Waals surface area contributed by atoms with Crippen molar-refractivity contribution in [2.45, 2.75) is 122 Å². The first kappa shape index (κ1) is 30.8. The van der Waals surface area contributed by atoms with E-state index in [1.807, 2.05) is 13.3 Å². The molecular formula is C30H52S2SiSn2. The fourth-order valence-electron chi connectivity index (χ4n) is 6.13. The molecule has 2 aromatic rings. The maximum absolute atomic E-state index is 2.84. The second-order valence-corrected chi connectivity index (χ2v) is 38.3. The third-order valence-corrected chi connectivity index (χ3v) is 30.0. The van der Waals surface area contributed by atoms with Crippen LogP contribution in [0.25, 0.3) is 9.75 Å². The second-order valence-electron chi connectivity index (χ2n) is 12.2. The minimum atomic E-state index is -2.11. The minimum absolute atomic E-state index is 0.212. The molecule has 2 aromatic heterocycles. The number of hydrogen-bond donors (Lipinski definition) is 0. The van der Waals surface area contributed by atoms with E-state index in [0.29, 0.717) is 0 Å². The fraction of sp³-hybridized carbons (Fsp3) is 0.733. The summed E-state index contributed by atoms with van der Waals surface area (Å²) in [6.07, 6.45) is 11.2. The van der Waals surface area contributed by atoms with Crippen LogP contribution in [0.15, 0.2) is 12.1 Å². The summed E-state index contributed by atoms with van der Waals surface area (Å²) in [6, 6.07) is 8.73. The maximum atomic E-state index is 2.84. The van der Waals surface area contributed by atoms with E-state index in [2.05, 4.69) is 84.2 Å². The molecular weight excluding hydrogens is 690 g/mol. The molecule has 0 saturated heterocycles. The van der Waals surface area contributed by atoms with Crippen LogP contribution in [-0.4, -0.2) is 47.6 Å². The van der Waals surface area contributed by atoms with Crippen LogP contribution in [0.5, 0.6) is 0 Å². The third kappa shape index (κ3) is 7.25. The van der Waals surface area contributed by atoms with Crippen molar-refractivity contribution in [1.82, 2.24) is 0 Å². The molecule has 0 aliphatic carbocycles. The predicted molar refractivity (Wildman–Crippen MR) is 172 cm³/mol. The van der Waals surface area contributed by atoms with Gasteiger partial charge < -0.3 is 0 Å². The molecule has 0 N–H and O–H groups in total. The summed E-state index contributed by atoms with van der Waals surface area (Å²) in [4.78, 5) is 13.2. The van der Waals surface area contributed by atoms with Crippen LogP contribution in [0, 0.1) is 11.8 Å². The van der Waals surface area contributed by atoms with E-state index in [4.69, 9.17) is 0 Å². The Morgan fingerprint density at radius 2 is 1.34 bits per heavy atom. The molecule has 0 saturated carbocycles. The molecule has 3 heterocycles. The molecule has 2 unspecified atom stereocenters. The Morgan fingerprint density at radius 1 is 0.800 bits per heavy atom. The molecule has 0 spiro atoms. The van der Waals surface area contributed by atoms with Crippen molar-refractivity contribution >= 4 is 83.5 Å². The summed E-state index contributed by atoms with van der Waals surface area (Å²) in [5.41, 5.74) is 0. The Kier molecular flexibility index (Phi) is 12.3. The van der Waals surface area contributed by atoms with Crippen molar-refractivity contribution in [3.05, 3.63) is 17.0 Å².